The van der Waals surface area contributed by atoms with Crippen LogP contribution in [0.2, 0.25) is 0 Å². The molecular formula is C15H24O4. The molecule has 0 saturated carbocycles. The molecule has 0 aromatic rings. The van der Waals surface area contributed by atoms with Crippen LogP contribution in [-0.4, -0.2) is 23.1 Å². The fourth-order valence-electron chi connectivity index (χ4n) is 1.03. The smallest absolute Gasteiger partial charge is 0.334 e. The van der Waals surface area contributed by atoms with Crippen molar-refractivity contribution in [3.8, 4) is 0 Å². The summed E-state index contributed by atoms with van der Waals surface area (Å²) in [5.74, 6) is -0.845. The highest BCUT2D eigenvalue weighted by atomic mass is 16.6. The first kappa shape index (κ1) is 17.4. The van der Waals surface area contributed by atoms with Crippen molar-refractivity contribution in [1.29, 1.82) is 0 Å². The topological polar surface area (TPSA) is 52.6 Å². The van der Waals surface area contributed by atoms with Crippen LogP contribution in [-0.2, 0) is 19.1 Å². The molecule has 0 saturated heterocycles. The zero-order valence-corrected chi connectivity index (χ0v) is 12.9. The predicted molar refractivity (Wildman–Crippen MR) is 74.6 cm³/mol. The van der Waals surface area contributed by atoms with Gasteiger partial charge in [-0.05, 0) is 48.5 Å². The molecule has 19 heavy (non-hydrogen) atoms. The van der Waals surface area contributed by atoms with E-state index in [1.54, 1.807) is 48.5 Å². The van der Waals surface area contributed by atoms with Crippen molar-refractivity contribution in [2.24, 2.45) is 0 Å². The fourth-order valence-corrected chi connectivity index (χ4v) is 1.03. The van der Waals surface area contributed by atoms with Gasteiger partial charge in [0.1, 0.15) is 11.2 Å². The van der Waals surface area contributed by atoms with E-state index in [-0.39, 0.29) is 0 Å². The molecule has 108 valence electrons. The molecular weight excluding hydrogens is 244 g/mol. The molecule has 0 atom stereocenters. The number of rotatable bonds is 3. The average molecular weight is 268 g/mol. The minimum atomic E-state index is -0.527. The molecule has 0 N–H and O–H groups in total. The summed E-state index contributed by atoms with van der Waals surface area (Å²) in [5, 5.41) is 0. The zero-order valence-electron chi connectivity index (χ0n) is 12.9. The minimum absolute atomic E-state index is 0.402. The van der Waals surface area contributed by atoms with E-state index in [2.05, 4.69) is 0 Å². The van der Waals surface area contributed by atoms with Crippen LogP contribution < -0.4 is 0 Å². The Morgan fingerprint density at radius 2 is 1.37 bits per heavy atom. The van der Waals surface area contributed by atoms with Gasteiger partial charge in [-0.25, -0.2) is 9.59 Å². The maximum absolute atomic E-state index is 11.6. The molecule has 0 aliphatic rings. The molecule has 4 heteroatoms. The van der Waals surface area contributed by atoms with Crippen LogP contribution in [0.25, 0.3) is 0 Å². The number of hydrogen-bond acceptors (Lipinski definition) is 4. The molecule has 0 rings (SSSR count). The van der Waals surface area contributed by atoms with Crippen molar-refractivity contribution in [2.75, 3.05) is 0 Å². The van der Waals surface area contributed by atoms with Gasteiger partial charge < -0.3 is 9.47 Å². The van der Waals surface area contributed by atoms with E-state index >= 15 is 0 Å². The van der Waals surface area contributed by atoms with Crippen molar-refractivity contribution in [3.05, 3.63) is 23.8 Å². The fraction of sp³-hybridized carbons (Fsp3) is 0.600. The molecule has 0 radical (unpaired) electrons. The number of ether oxygens (including phenoxy) is 2. The van der Waals surface area contributed by atoms with E-state index < -0.39 is 23.1 Å². The number of hydrogen-bond donors (Lipinski definition) is 0. The Balaban J connectivity index is 4.47. The second-order valence-electron chi connectivity index (χ2n) is 6.24. The van der Waals surface area contributed by atoms with Gasteiger partial charge >= 0.3 is 11.9 Å². The Kier molecular flexibility index (Phi) is 6.00. The predicted octanol–water partition coefficient (Wildman–Crippen LogP) is 3.17. The number of esters is 2. The number of carbonyl (C=O) groups is 2. The summed E-state index contributed by atoms with van der Waals surface area (Å²) >= 11 is 0. The Morgan fingerprint density at radius 3 is 1.79 bits per heavy atom. The Bertz CT molecular complexity index is 389. The third-order valence-corrected chi connectivity index (χ3v) is 1.71. The van der Waals surface area contributed by atoms with Crippen LogP contribution in [0, 0.1) is 0 Å². The molecule has 0 fully saturated rings. The second-order valence-corrected chi connectivity index (χ2v) is 6.24. The standard InChI is InChI=1S/C15H24O4/c1-11(13(17)19-15(5,6)7)9-8-10-12(16)18-14(2,3)4/h8-10H,1-7H3/b10-8+,11-9-. The maximum Gasteiger partial charge on any atom is 0.334 e. The summed E-state index contributed by atoms with van der Waals surface area (Å²) in [6.07, 6.45) is 4.28. The monoisotopic (exact) mass is 268 g/mol. The van der Waals surface area contributed by atoms with Gasteiger partial charge in [0.2, 0.25) is 0 Å². The normalized spacial score (nSPS) is 13.5. The molecule has 0 bridgehead atoms. The van der Waals surface area contributed by atoms with Crippen LogP contribution in [0.3, 0.4) is 0 Å². The lowest BCUT2D eigenvalue weighted by Crippen LogP contribution is -2.24. The van der Waals surface area contributed by atoms with Gasteiger partial charge in [0.15, 0.2) is 0 Å². The average Bonchev–Trinajstić information content (AvgIpc) is 2.11. The zero-order chi connectivity index (χ0) is 15.3. The van der Waals surface area contributed by atoms with Crippen LogP contribution in [0.5, 0.6) is 0 Å². The highest BCUT2D eigenvalue weighted by Gasteiger charge is 2.17. The quantitative estimate of drug-likeness (QED) is 0.448. The van der Waals surface area contributed by atoms with Crippen molar-refractivity contribution < 1.29 is 19.1 Å². The summed E-state index contributed by atoms with van der Waals surface area (Å²) < 4.78 is 10.3. The van der Waals surface area contributed by atoms with Gasteiger partial charge in [0.25, 0.3) is 0 Å². The largest absolute Gasteiger partial charge is 0.457 e. The lowest BCUT2D eigenvalue weighted by atomic mass is 10.2. The summed E-state index contributed by atoms with van der Waals surface area (Å²) in [6, 6.07) is 0. The molecule has 0 unspecified atom stereocenters. The van der Waals surface area contributed by atoms with Crippen LogP contribution in [0.4, 0.5) is 0 Å². The first-order valence-corrected chi connectivity index (χ1v) is 6.22. The molecule has 0 spiro atoms. The van der Waals surface area contributed by atoms with Gasteiger partial charge in [-0.15, -0.1) is 0 Å². The molecule has 0 aromatic heterocycles. The highest BCUT2D eigenvalue weighted by Crippen LogP contribution is 2.11. The first-order chi connectivity index (χ1) is 8.41. The van der Waals surface area contributed by atoms with Crippen molar-refractivity contribution >= 4 is 11.9 Å². The summed E-state index contributed by atoms with van der Waals surface area (Å²) in [7, 11) is 0. The third-order valence-electron chi connectivity index (χ3n) is 1.71. The SMILES string of the molecule is C/C(=C/C=C/C(=O)OC(C)(C)C)C(=O)OC(C)(C)C. The maximum atomic E-state index is 11.6. The van der Waals surface area contributed by atoms with Gasteiger partial charge in [-0.3, -0.25) is 0 Å². The summed E-state index contributed by atoms with van der Waals surface area (Å²) in [6.45, 7) is 12.4. The summed E-state index contributed by atoms with van der Waals surface area (Å²) in [4.78, 5) is 23.0. The molecule has 0 heterocycles. The molecule has 0 aromatic carbocycles. The van der Waals surface area contributed by atoms with Gasteiger partial charge in [0, 0.05) is 11.6 Å². The van der Waals surface area contributed by atoms with E-state index in [0.717, 1.165) is 0 Å². The molecule has 0 aliphatic carbocycles. The van der Waals surface area contributed by atoms with Crippen LogP contribution >= 0.6 is 0 Å². The van der Waals surface area contributed by atoms with E-state index in [1.807, 2.05) is 0 Å². The van der Waals surface area contributed by atoms with Crippen molar-refractivity contribution in [1.82, 2.24) is 0 Å². The van der Waals surface area contributed by atoms with E-state index in [4.69, 9.17) is 9.47 Å². The summed E-state index contributed by atoms with van der Waals surface area (Å²) in [5.41, 5.74) is -0.624. The van der Waals surface area contributed by atoms with Gasteiger partial charge in [0.05, 0.1) is 0 Å². The van der Waals surface area contributed by atoms with E-state index in [1.165, 1.54) is 18.2 Å². The number of allylic oxidation sites excluding steroid dienone is 2. The Morgan fingerprint density at radius 1 is 0.895 bits per heavy atom. The highest BCUT2D eigenvalue weighted by molar-refractivity contribution is 5.89. The first-order valence-electron chi connectivity index (χ1n) is 6.22. The van der Waals surface area contributed by atoms with Gasteiger partial charge in [-0.1, -0.05) is 12.2 Å². The van der Waals surface area contributed by atoms with E-state index in [0.29, 0.717) is 5.57 Å². The number of carbonyl (C=O) groups excluding carboxylic acids is 2. The van der Waals surface area contributed by atoms with Crippen molar-refractivity contribution in [3.63, 3.8) is 0 Å². The third kappa shape index (κ3) is 10.1. The molecule has 0 aliphatic heterocycles. The van der Waals surface area contributed by atoms with Gasteiger partial charge in [-0.2, -0.15) is 0 Å². The Labute approximate surface area is 115 Å². The Hall–Kier alpha value is -1.58. The van der Waals surface area contributed by atoms with E-state index in [9.17, 15) is 9.59 Å². The molecule has 4 nitrogen and oxygen atoms in total. The second kappa shape index (κ2) is 6.55. The lowest BCUT2D eigenvalue weighted by Gasteiger charge is -2.19. The van der Waals surface area contributed by atoms with Crippen molar-refractivity contribution in [2.45, 2.75) is 59.7 Å². The molecule has 0 amide bonds. The lowest BCUT2D eigenvalue weighted by molar-refractivity contribution is -0.150. The van der Waals surface area contributed by atoms with Crippen LogP contribution in [0.15, 0.2) is 23.8 Å². The minimum Gasteiger partial charge on any atom is -0.457 e. The van der Waals surface area contributed by atoms with Crippen LogP contribution in [0.1, 0.15) is 48.5 Å².